The smallest absolute Gasteiger partial charge is 0.228 e. The number of fused-ring (bicyclic) bond motifs is 1. The molecular formula is C18H23N5O. The van der Waals surface area contributed by atoms with E-state index in [2.05, 4.69) is 45.7 Å². The van der Waals surface area contributed by atoms with Gasteiger partial charge in [-0.25, -0.2) is 4.98 Å². The molecule has 2 heterocycles. The number of anilines is 1. The van der Waals surface area contributed by atoms with E-state index in [4.69, 9.17) is 4.74 Å². The normalized spacial score (nSPS) is 11.2. The molecule has 6 nitrogen and oxygen atoms in total. The molecule has 0 spiro atoms. The first-order chi connectivity index (χ1) is 11.5. The summed E-state index contributed by atoms with van der Waals surface area (Å²) in [5.41, 5.74) is 1.05. The Bertz CT molecular complexity index is 827. The quantitative estimate of drug-likeness (QED) is 0.697. The third-order valence-corrected chi connectivity index (χ3v) is 3.92. The second kappa shape index (κ2) is 6.88. The molecule has 0 aliphatic carbocycles. The molecule has 2 aromatic heterocycles. The van der Waals surface area contributed by atoms with Crippen LogP contribution in [0.15, 0.2) is 42.7 Å². The van der Waals surface area contributed by atoms with Crippen LogP contribution in [0.1, 0.15) is 0 Å². The van der Waals surface area contributed by atoms with E-state index in [0.717, 1.165) is 29.7 Å². The third kappa shape index (κ3) is 3.49. The first-order valence-corrected chi connectivity index (χ1v) is 7.95. The minimum Gasteiger partial charge on any atom is -0.437 e. The molecule has 0 amide bonds. The number of rotatable bonds is 6. The van der Waals surface area contributed by atoms with Crippen molar-refractivity contribution in [2.75, 3.05) is 39.1 Å². The number of hydrogen-bond acceptors (Lipinski definition) is 5. The second-order valence-corrected chi connectivity index (χ2v) is 6.14. The molecule has 1 aromatic carbocycles. The van der Waals surface area contributed by atoms with Crippen LogP contribution in [0.3, 0.4) is 0 Å². The number of ether oxygens (including phenoxy) is 1. The Morgan fingerprint density at radius 3 is 2.71 bits per heavy atom. The van der Waals surface area contributed by atoms with Crippen molar-refractivity contribution in [3.05, 3.63) is 42.7 Å². The summed E-state index contributed by atoms with van der Waals surface area (Å²) in [6, 6.07) is 9.87. The largest absolute Gasteiger partial charge is 0.437 e. The zero-order valence-electron chi connectivity index (χ0n) is 14.6. The first-order valence-electron chi connectivity index (χ1n) is 7.95. The van der Waals surface area contributed by atoms with Gasteiger partial charge in [-0.2, -0.15) is 4.98 Å². The van der Waals surface area contributed by atoms with Gasteiger partial charge in [-0.3, -0.25) is 0 Å². The highest BCUT2D eigenvalue weighted by atomic mass is 16.5. The maximum atomic E-state index is 6.04. The van der Waals surface area contributed by atoms with Crippen molar-refractivity contribution >= 4 is 16.9 Å². The van der Waals surface area contributed by atoms with E-state index < -0.39 is 0 Å². The fourth-order valence-electron chi connectivity index (χ4n) is 2.54. The molecule has 0 atom stereocenters. The Morgan fingerprint density at radius 2 is 1.92 bits per heavy atom. The molecular weight excluding hydrogens is 302 g/mol. The minimum absolute atomic E-state index is 0.547. The van der Waals surface area contributed by atoms with E-state index in [9.17, 15) is 0 Å². The summed E-state index contributed by atoms with van der Waals surface area (Å²) < 4.78 is 8.09. The highest BCUT2D eigenvalue weighted by Gasteiger charge is 2.10. The number of likely N-dealkylation sites (N-methyl/N-ethyl adjacent to an activating group) is 2. The predicted octanol–water partition coefficient (Wildman–Crippen LogP) is 2.76. The summed E-state index contributed by atoms with van der Waals surface area (Å²) in [4.78, 5) is 13.0. The topological polar surface area (TPSA) is 46.4 Å². The van der Waals surface area contributed by atoms with E-state index in [1.54, 1.807) is 12.3 Å². The number of hydrogen-bond donors (Lipinski definition) is 0. The molecule has 0 fully saturated rings. The highest BCUT2D eigenvalue weighted by molar-refractivity contribution is 5.86. The van der Waals surface area contributed by atoms with Crippen molar-refractivity contribution in [3.63, 3.8) is 0 Å². The fraction of sp³-hybridized carbons (Fsp3) is 0.333. The Hall–Kier alpha value is -2.60. The van der Waals surface area contributed by atoms with Gasteiger partial charge in [-0.15, -0.1) is 0 Å². The summed E-state index contributed by atoms with van der Waals surface area (Å²) in [7, 11) is 8.10. The first kappa shape index (κ1) is 16.3. The molecule has 0 bridgehead atoms. The number of aryl methyl sites for hydroxylation is 1. The number of nitrogens with zero attached hydrogens (tertiary/aromatic N) is 5. The lowest BCUT2D eigenvalue weighted by atomic mass is 10.2. The lowest BCUT2D eigenvalue weighted by Gasteiger charge is -2.19. The zero-order valence-corrected chi connectivity index (χ0v) is 14.6. The van der Waals surface area contributed by atoms with Crippen LogP contribution in [0.4, 0.5) is 5.95 Å². The van der Waals surface area contributed by atoms with Crippen molar-refractivity contribution in [2.24, 2.45) is 7.05 Å². The summed E-state index contributed by atoms with van der Waals surface area (Å²) >= 11 is 0. The van der Waals surface area contributed by atoms with Gasteiger partial charge in [0.2, 0.25) is 11.8 Å². The van der Waals surface area contributed by atoms with E-state index in [-0.39, 0.29) is 0 Å². The third-order valence-electron chi connectivity index (χ3n) is 3.92. The Kier molecular flexibility index (Phi) is 4.66. The zero-order chi connectivity index (χ0) is 17.1. The van der Waals surface area contributed by atoms with Gasteiger partial charge < -0.3 is 19.1 Å². The molecule has 126 valence electrons. The maximum Gasteiger partial charge on any atom is 0.228 e. The van der Waals surface area contributed by atoms with Crippen molar-refractivity contribution in [3.8, 4) is 11.6 Å². The lowest BCUT2D eigenvalue weighted by molar-refractivity contribution is 0.415. The number of benzene rings is 1. The van der Waals surface area contributed by atoms with E-state index in [1.807, 2.05) is 37.3 Å². The van der Waals surface area contributed by atoms with Crippen LogP contribution in [-0.2, 0) is 7.05 Å². The van der Waals surface area contributed by atoms with Gasteiger partial charge in [0.05, 0.1) is 5.52 Å². The molecule has 0 unspecified atom stereocenters. The maximum absolute atomic E-state index is 6.04. The van der Waals surface area contributed by atoms with Crippen LogP contribution >= 0.6 is 0 Å². The average Bonchev–Trinajstić information content (AvgIpc) is 2.95. The van der Waals surface area contributed by atoms with Crippen LogP contribution < -0.4 is 9.64 Å². The number of para-hydroxylation sites is 1. The van der Waals surface area contributed by atoms with Crippen molar-refractivity contribution in [2.45, 2.75) is 0 Å². The molecule has 0 radical (unpaired) electrons. The minimum atomic E-state index is 0.547. The standard InChI is InChI=1S/C18H23N5O/c1-21(2)12-13-23(4)18-19-10-8-16(20-18)24-15-7-5-6-14-9-11-22(3)17(14)15/h5-11H,12-13H2,1-4H3. The predicted molar refractivity (Wildman–Crippen MR) is 96.8 cm³/mol. The second-order valence-electron chi connectivity index (χ2n) is 6.14. The monoisotopic (exact) mass is 325 g/mol. The van der Waals surface area contributed by atoms with Crippen molar-refractivity contribution in [1.29, 1.82) is 0 Å². The van der Waals surface area contributed by atoms with Gasteiger partial charge in [-0.1, -0.05) is 12.1 Å². The fourth-order valence-corrected chi connectivity index (χ4v) is 2.54. The van der Waals surface area contributed by atoms with Gasteiger partial charge in [0.1, 0.15) is 0 Å². The molecule has 0 N–H and O–H groups in total. The van der Waals surface area contributed by atoms with Crippen LogP contribution in [0, 0.1) is 0 Å². The van der Waals surface area contributed by atoms with Crippen molar-refractivity contribution in [1.82, 2.24) is 19.4 Å². The molecule has 24 heavy (non-hydrogen) atoms. The summed E-state index contributed by atoms with van der Waals surface area (Å²) in [6.07, 6.45) is 3.76. The van der Waals surface area contributed by atoms with Gasteiger partial charge in [0.15, 0.2) is 5.75 Å². The van der Waals surface area contributed by atoms with Gasteiger partial charge >= 0.3 is 0 Å². The average molecular weight is 325 g/mol. The van der Waals surface area contributed by atoms with Gasteiger partial charge in [0.25, 0.3) is 0 Å². The lowest BCUT2D eigenvalue weighted by Crippen LogP contribution is -2.29. The number of aromatic nitrogens is 3. The molecule has 6 heteroatoms. The Morgan fingerprint density at radius 1 is 1.08 bits per heavy atom. The van der Waals surface area contributed by atoms with E-state index in [1.165, 1.54) is 0 Å². The molecule has 3 rings (SSSR count). The van der Waals surface area contributed by atoms with Crippen LogP contribution in [0.25, 0.3) is 10.9 Å². The molecule has 0 saturated carbocycles. The molecule has 0 aliphatic rings. The van der Waals surface area contributed by atoms with Gasteiger partial charge in [-0.05, 0) is 26.2 Å². The highest BCUT2D eigenvalue weighted by Crippen LogP contribution is 2.29. The van der Waals surface area contributed by atoms with E-state index >= 15 is 0 Å². The molecule has 0 saturated heterocycles. The summed E-state index contributed by atoms with van der Waals surface area (Å²) in [5.74, 6) is 2.00. The summed E-state index contributed by atoms with van der Waals surface area (Å²) in [6.45, 7) is 1.79. The molecule has 0 aliphatic heterocycles. The summed E-state index contributed by atoms with van der Waals surface area (Å²) in [5, 5.41) is 1.15. The van der Waals surface area contributed by atoms with E-state index in [0.29, 0.717) is 11.8 Å². The Balaban J connectivity index is 1.82. The van der Waals surface area contributed by atoms with Gasteiger partial charge in [0, 0.05) is 51.0 Å². The van der Waals surface area contributed by atoms with Crippen LogP contribution in [0.5, 0.6) is 11.6 Å². The van der Waals surface area contributed by atoms with Crippen LogP contribution in [-0.4, -0.2) is 53.7 Å². The Labute approximate surface area is 142 Å². The SMILES string of the molecule is CN(C)CCN(C)c1nccc(Oc2cccc3ccn(C)c23)n1. The van der Waals surface area contributed by atoms with Crippen LogP contribution in [0.2, 0.25) is 0 Å². The molecule has 3 aromatic rings. The van der Waals surface area contributed by atoms with Crippen molar-refractivity contribution < 1.29 is 4.74 Å².